The number of halogens is 1. The number of nitrogens with zero attached hydrogens (tertiary/aromatic N) is 5. The van der Waals surface area contributed by atoms with Crippen LogP contribution in [0.5, 0.6) is 0 Å². The number of carbonyl (C=O) groups is 1. The molecule has 1 aromatic heterocycles. The highest BCUT2D eigenvalue weighted by atomic mass is 127. The number of amides is 1. The number of aromatic nitrogens is 2. The minimum Gasteiger partial charge on any atom is -0.363 e. The van der Waals surface area contributed by atoms with Crippen LogP contribution in [0.25, 0.3) is 0 Å². The largest absolute Gasteiger partial charge is 0.363 e. The average Bonchev–Trinajstić information content (AvgIpc) is 2.61. The molecule has 0 unspecified atom stereocenters. The third-order valence-corrected chi connectivity index (χ3v) is 5.20. The van der Waals surface area contributed by atoms with Crippen molar-refractivity contribution < 1.29 is 4.79 Å². The van der Waals surface area contributed by atoms with Crippen LogP contribution in [0.15, 0.2) is 30.3 Å². The van der Waals surface area contributed by atoms with Gasteiger partial charge in [0.15, 0.2) is 0 Å². The molecule has 1 amide bonds. The lowest BCUT2D eigenvalue weighted by atomic mass is 10.2. The summed E-state index contributed by atoms with van der Waals surface area (Å²) in [5, 5.41) is 0. The summed E-state index contributed by atoms with van der Waals surface area (Å²) in [4.78, 5) is 27.9. The predicted octanol–water partition coefficient (Wildman–Crippen LogP) is 2.42. The minimum atomic E-state index is 0.109. The van der Waals surface area contributed by atoms with Gasteiger partial charge in [-0.25, -0.2) is 9.97 Å². The predicted molar refractivity (Wildman–Crippen MR) is 108 cm³/mol. The van der Waals surface area contributed by atoms with Crippen LogP contribution in [-0.2, 0) is 0 Å². The first-order valence-corrected chi connectivity index (χ1v) is 9.35. The van der Waals surface area contributed by atoms with Crippen LogP contribution in [0.4, 0.5) is 11.6 Å². The van der Waals surface area contributed by atoms with Gasteiger partial charge in [-0.15, -0.1) is 0 Å². The Labute approximate surface area is 162 Å². The van der Waals surface area contributed by atoms with Crippen molar-refractivity contribution in [2.45, 2.75) is 6.92 Å². The smallest absolute Gasteiger partial charge is 0.255 e. The van der Waals surface area contributed by atoms with Gasteiger partial charge in [0.05, 0.1) is 5.56 Å². The van der Waals surface area contributed by atoms with Crippen LogP contribution in [0.2, 0.25) is 0 Å². The Morgan fingerprint density at radius 3 is 2.44 bits per heavy atom. The summed E-state index contributed by atoms with van der Waals surface area (Å²) in [5.74, 6) is 2.70. The van der Waals surface area contributed by atoms with E-state index >= 15 is 0 Å². The fraction of sp³-hybridized carbons (Fsp3) is 0.389. The molecular weight excluding hydrogens is 429 g/mol. The highest BCUT2D eigenvalue weighted by Crippen LogP contribution is 2.20. The van der Waals surface area contributed by atoms with Gasteiger partial charge < -0.3 is 14.7 Å². The Balaban J connectivity index is 1.70. The van der Waals surface area contributed by atoms with E-state index in [1.165, 1.54) is 0 Å². The van der Waals surface area contributed by atoms with Gasteiger partial charge in [-0.2, -0.15) is 0 Å². The second kappa shape index (κ2) is 7.55. The van der Waals surface area contributed by atoms with Crippen LogP contribution in [0.1, 0.15) is 16.2 Å². The summed E-state index contributed by atoms with van der Waals surface area (Å²) in [6, 6.07) is 9.74. The van der Waals surface area contributed by atoms with E-state index in [9.17, 15) is 4.79 Å². The van der Waals surface area contributed by atoms with Gasteiger partial charge >= 0.3 is 0 Å². The first-order valence-electron chi connectivity index (χ1n) is 8.27. The highest BCUT2D eigenvalue weighted by molar-refractivity contribution is 14.1. The number of aryl methyl sites for hydroxylation is 1. The van der Waals surface area contributed by atoms with Crippen LogP contribution < -0.4 is 9.80 Å². The summed E-state index contributed by atoms with van der Waals surface area (Å²) < 4.78 is 0.995. The summed E-state index contributed by atoms with van der Waals surface area (Å²) in [6.45, 7) is 4.86. The zero-order valence-corrected chi connectivity index (χ0v) is 16.9. The quantitative estimate of drug-likeness (QED) is 0.672. The molecule has 7 heteroatoms. The van der Waals surface area contributed by atoms with Gasteiger partial charge in [0.1, 0.15) is 17.5 Å². The van der Waals surface area contributed by atoms with Crippen molar-refractivity contribution >= 4 is 40.1 Å². The molecule has 1 saturated heterocycles. The summed E-state index contributed by atoms with van der Waals surface area (Å²) >= 11 is 2.22. The Morgan fingerprint density at radius 1 is 1.12 bits per heavy atom. The first kappa shape index (κ1) is 17.9. The molecule has 0 atom stereocenters. The third-order valence-electron chi connectivity index (χ3n) is 4.26. The van der Waals surface area contributed by atoms with Crippen molar-refractivity contribution in [3.8, 4) is 0 Å². The maximum absolute atomic E-state index is 12.7. The molecule has 0 bridgehead atoms. The summed E-state index contributed by atoms with van der Waals surface area (Å²) in [7, 11) is 3.95. The normalized spacial score (nSPS) is 14.6. The molecule has 1 aliphatic heterocycles. The zero-order valence-electron chi connectivity index (χ0n) is 14.7. The lowest BCUT2D eigenvalue weighted by Crippen LogP contribution is -2.49. The molecule has 0 N–H and O–H groups in total. The molecule has 2 heterocycles. The lowest BCUT2D eigenvalue weighted by molar-refractivity contribution is 0.0745. The van der Waals surface area contributed by atoms with Crippen LogP contribution >= 0.6 is 22.6 Å². The minimum absolute atomic E-state index is 0.109. The van der Waals surface area contributed by atoms with Gasteiger partial charge in [0.25, 0.3) is 5.91 Å². The topological polar surface area (TPSA) is 52.6 Å². The van der Waals surface area contributed by atoms with Gasteiger partial charge in [0, 0.05) is 49.9 Å². The molecular formula is C18H22IN5O. The monoisotopic (exact) mass is 451 g/mol. The molecule has 25 heavy (non-hydrogen) atoms. The van der Waals surface area contributed by atoms with Crippen molar-refractivity contribution in [3.63, 3.8) is 0 Å². The number of carbonyl (C=O) groups excluding carboxylic acids is 1. The third kappa shape index (κ3) is 4.02. The second-order valence-electron chi connectivity index (χ2n) is 6.29. The number of hydrogen-bond acceptors (Lipinski definition) is 5. The van der Waals surface area contributed by atoms with E-state index in [1.54, 1.807) is 0 Å². The zero-order chi connectivity index (χ0) is 18.0. The molecule has 2 aromatic rings. The van der Waals surface area contributed by atoms with E-state index in [2.05, 4.69) is 37.5 Å². The van der Waals surface area contributed by atoms with Gasteiger partial charge in [-0.05, 0) is 41.6 Å². The molecule has 6 nitrogen and oxygen atoms in total. The van der Waals surface area contributed by atoms with Crippen molar-refractivity contribution in [1.29, 1.82) is 0 Å². The maximum Gasteiger partial charge on any atom is 0.255 e. The fourth-order valence-electron chi connectivity index (χ4n) is 2.87. The molecule has 132 valence electrons. The fourth-order valence-corrected chi connectivity index (χ4v) is 3.49. The van der Waals surface area contributed by atoms with E-state index in [4.69, 9.17) is 0 Å². The number of rotatable bonds is 3. The first-order chi connectivity index (χ1) is 12.0. The summed E-state index contributed by atoms with van der Waals surface area (Å²) in [6.07, 6.45) is 0. The Hall–Kier alpha value is -1.90. The van der Waals surface area contributed by atoms with Crippen molar-refractivity contribution in [2.24, 2.45) is 0 Å². The van der Waals surface area contributed by atoms with Crippen LogP contribution in [0, 0.1) is 10.5 Å². The number of anilines is 2. The number of benzene rings is 1. The van der Waals surface area contributed by atoms with Gasteiger partial charge in [-0.3, -0.25) is 4.79 Å². The number of hydrogen-bond donors (Lipinski definition) is 0. The van der Waals surface area contributed by atoms with Crippen LogP contribution in [-0.4, -0.2) is 61.0 Å². The number of piperazine rings is 1. The molecule has 1 aromatic carbocycles. The van der Waals surface area contributed by atoms with E-state index in [1.807, 2.05) is 61.2 Å². The molecule has 0 aliphatic carbocycles. The Morgan fingerprint density at radius 2 is 1.80 bits per heavy atom. The van der Waals surface area contributed by atoms with E-state index in [0.717, 1.165) is 39.7 Å². The van der Waals surface area contributed by atoms with Crippen molar-refractivity contribution in [2.75, 3.05) is 50.1 Å². The second-order valence-corrected chi connectivity index (χ2v) is 7.45. The van der Waals surface area contributed by atoms with Gasteiger partial charge in [-0.1, -0.05) is 12.1 Å². The van der Waals surface area contributed by atoms with E-state index in [0.29, 0.717) is 13.1 Å². The molecule has 1 fully saturated rings. The van der Waals surface area contributed by atoms with Crippen molar-refractivity contribution in [1.82, 2.24) is 14.9 Å². The standard InChI is InChI=1S/C18H22IN5O/c1-13-20-16(22(2)3)12-17(21-13)23-8-10-24(11-9-23)18(25)14-6-4-5-7-15(14)19/h4-7,12H,8-11H2,1-3H3. The molecule has 0 saturated carbocycles. The van der Waals surface area contributed by atoms with Crippen LogP contribution in [0.3, 0.4) is 0 Å². The van der Waals surface area contributed by atoms with E-state index < -0.39 is 0 Å². The van der Waals surface area contributed by atoms with Gasteiger partial charge in [0.2, 0.25) is 0 Å². The highest BCUT2D eigenvalue weighted by Gasteiger charge is 2.24. The molecule has 0 radical (unpaired) electrons. The van der Waals surface area contributed by atoms with Crippen molar-refractivity contribution in [3.05, 3.63) is 45.3 Å². The Bertz CT molecular complexity index is 772. The Kier molecular flexibility index (Phi) is 5.41. The molecule has 0 spiro atoms. The lowest BCUT2D eigenvalue weighted by Gasteiger charge is -2.36. The maximum atomic E-state index is 12.7. The summed E-state index contributed by atoms with van der Waals surface area (Å²) in [5.41, 5.74) is 0.782. The average molecular weight is 451 g/mol. The van der Waals surface area contributed by atoms with E-state index in [-0.39, 0.29) is 5.91 Å². The molecule has 1 aliphatic rings. The SMILES string of the molecule is Cc1nc(N(C)C)cc(N2CCN(C(=O)c3ccccc3I)CC2)n1. The molecule has 3 rings (SSSR count).